The molecule has 5 nitrogen and oxygen atoms in total. The highest BCUT2D eigenvalue weighted by molar-refractivity contribution is 5.96. The number of aliphatic hydroxyl groups is 1. The third-order valence-corrected chi connectivity index (χ3v) is 2.12. The number of carbonyl (C=O) groups is 1. The molecule has 1 aromatic rings. The summed E-state index contributed by atoms with van der Waals surface area (Å²) in [6.07, 6.45) is -4.72. The summed E-state index contributed by atoms with van der Waals surface area (Å²) in [5.74, 6) is -0.525. The summed E-state index contributed by atoms with van der Waals surface area (Å²) in [6, 6.07) is 0. The van der Waals surface area contributed by atoms with Crippen LogP contribution in [0.4, 0.5) is 8.78 Å². The lowest BCUT2D eigenvalue weighted by Crippen LogP contribution is -2.36. The molecular formula is C9H13F2N3O2. The van der Waals surface area contributed by atoms with E-state index in [1.807, 2.05) is 0 Å². The number of H-pyrrole nitrogens is 1. The number of aryl methyl sites for hydroxylation is 2. The molecule has 1 aromatic heterocycles. The largest absolute Gasteiger partial charge is 0.385 e. The van der Waals surface area contributed by atoms with Crippen LogP contribution in [0.15, 0.2) is 0 Å². The molecule has 1 unspecified atom stereocenters. The van der Waals surface area contributed by atoms with E-state index in [9.17, 15) is 13.6 Å². The lowest BCUT2D eigenvalue weighted by Gasteiger charge is -2.10. The van der Waals surface area contributed by atoms with Crippen molar-refractivity contribution in [2.24, 2.45) is 0 Å². The van der Waals surface area contributed by atoms with E-state index in [1.165, 1.54) is 0 Å². The van der Waals surface area contributed by atoms with Crippen molar-refractivity contribution < 1.29 is 18.7 Å². The summed E-state index contributed by atoms with van der Waals surface area (Å²) in [5, 5.41) is 17.5. The molecule has 7 heteroatoms. The van der Waals surface area contributed by atoms with Crippen molar-refractivity contribution in [2.45, 2.75) is 26.4 Å². The summed E-state index contributed by atoms with van der Waals surface area (Å²) in [4.78, 5) is 11.5. The molecular weight excluding hydrogens is 220 g/mol. The molecule has 1 atom stereocenters. The fraction of sp³-hybridized carbons (Fsp3) is 0.556. The fourth-order valence-corrected chi connectivity index (χ4v) is 1.26. The monoisotopic (exact) mass is 233 g/mol. The first-order chi connectivity index (χ1) is 7.43. The van der Waals surface area contributed by atoms with Crippen molar-refractivity contribution in [2.75, 3.05) is 6.54 Å². The number of halogens is 2. The van der Waals surface area contributed by atoms with Gasteiger partial charge in [0.15, 0.2) is 0 Å². The highest BCUT2D eigenvalue weighted by Gasteiger charge is 2.20. The van der Waals surface area contributed by atoms with Crippen molar-refractivity contribution in [3.8, 4) is 0 Å². The molecule has 1 heterocycles. The van der Waals surface area contributed by atoms with E-state index < -0.39 is 25.0 Å². The Morgan fingerprint density at radius 1 is 1.56 bits per heavy atom. The molecule has 0 saturated carbocycles. The minimum Gasteiger partial charge on any atom is -0.385 e. The van der Waals surface area contributed by atoms with E-state index in [1.54, 1.807) is 13.8 Å². The van der Waals surface area contributed by atoms with Gasteiger partial charge >= 0.3 is 0 Å². The lowest BCUT2D eigenvalue weighted by atomic mass is 10.2. The van der Waals surface area contributed by atoms with Gasteiger partial charge in [-0.1, -0.05) is 0 Å². The molecule has 0 fully saturated rings. The third kappa shape index (κ3) is 2.75. The van der Waals surface area contributed by atoms with Gasteiger partial charge in [-0.05, 0) is 13.8 Å². The number of nitrogens with zero attached hydrogens (tertiary/aromatic N) is 1. The van der Waals surface area contributed by atoms with Gasteiger partial charge in [-0.25, -0.2) is 8.78 Å². The summed E-state index contributed by atoms with van der Waals surface area (Å²) in [6.45, 7) is 2.79. The van der Waals surface area contributed by atoms with Gasteiger partial charge < -0.3 is 10.4 Å². The van der Waals surface area contributed by atoms with Gasteiger partial charge in [-0.3, -0.25) is 9.89 Å². The number of carbonyl (C=O) groups excluding carboxylic acids is 1. The summed E-state index contributed by atoms with van der Waals surface area (Å²) in [7, 11) is 0. The first kappa shape index (κ1) is 12.6. The minimum atomic E-state index is -2.87. The first-order valence-corrected chi connectivity index (χ1v) is 4.69. The van der Waals surface area contributed by atoms with Gasteiger partial charge in [0.2, 0.25) is 0 Å². The Morgan fingerprint density at radius 2 is 2.19 bits per heavy atom. The smallest absolute Gasteiger partial charge is 0.265 e. The van der Waals surface area contributed by atoms with Crippen LogP contribution in [0.2, 0.25) is 0 Å². The van der Waals surface area contributed by atoms with Crippen molar-refractivity contribution in [1.29, 1.82) is 0 Å². The summed E-state index contributed by atoms with van der Waals surface area (Å²) in [5.41, 5.74) is 1.37. The van der Waals surface area contributed by atoms with Gasteiger partial charge in [0.25, 0.3) is 12.3 Å². The maximum absolute atomic E-state index is 12.0. The number of amides is 1. The van der Waals surface area contributed by atoms with E-state index in [-0.39, 0.29) is 0 Å². The Hall–Kier alpha value is -1.50. The number of aromatic nitrogens is 2. The number of aliphatic hydroxyl groups excluding tert-OH is 1. The van der Waals surface area contributed by atoms with Crippen LogP contribution in [0, 0.1) is 13.8 Å². The normalized spacial score (nSPS) is 12.9. The molecule has 0 aliphatic carbocycles. The van der Waals surface area contributed by atoms with Crippen LogP contribution < -0.4 is 5.32 Å². The first-order valence-electron chi connectivity index (χ1n) is 4.69. The Kier molecular flexibility index (Phi) is 3.94. The van der Waals surface area contributed by atoms with Gasteiger partial charge in [-0.2, -0.15) is 5.10 Å². The SMILES string of the molecule is Cc1n[nH]c(C)c1C(=O)NCC(O)C(F)F. The lowest BCUT2D eigenvalue weighted by molar-refractivity contribution is -0.00270. The molecule has 3 N–H and O–H groups in total. The van der Waals surface area contributed by atoms with Gasteiger partial charge in [0.05, 0.1) is 11.3 Å². The van der Waals surface area contributed by atoms with Crippen LogP contribution in [0.1, 0.15) is 21.7 Å². The number of hydrogen-bond donors (Lipinski definition) is 3. The van der Waals surface area contributed by atoms with Crippen LogP contribution in [-0.2, 0) is 0 Å². The minimum absolute atomic E-state index is 0.321. The zero-order valence-electron chi connectivity index (χ0n) is 8.92. The molecule has 0 spiro atoms. The second-order valence-electron chi connectivity index (χ2n) is 3.42. The van der Waals surface area contributed by atoms with Crippen LogP contribution in [-0.4, -0.2) is 40.3 Å². The highest BCUT2D eigenvalue weighted by Crippen LogP contribution is 2.08. The summed E-state index contributed by atoms with van der Waals surface area (Å²) >= 11 is 0. The van der Waals surface area contributed by atoms with Crippen LogP contribution in [0.5, 0.6) is 0 Å². The van der Waals surface area contributed by atoms with E-state index in [4.69, 9.17) is 5.11 Å². The number of alkyl halides is 2. The fourth-order valence-electron chi connectivity index (χ4n) is 1.26. The molecule has 0 radical (unpaired) electrons. The number of rotatable bonds is 4. The molecule has 0 saturated heterocycles. The Morgan fingerprint density at radius 3 is 2.62 bits per heavy atom. The Balaban J connectivity index is 2.60. The maximum Gasteiger partial charge on any atom is 0.265 e. The zero-order chi connectivity index (χ0) is 12.3. The Bertz CT molecular complexity index is 359. The quantitative estimate of drug-likeness (QED) is 0.703. The molecule has 0 aromatic carbocycles. The molecule has 0 bridgehead atoms. The summed E-state index contributed by atoms with van der Waals surface area (Å²) < 4.78 is 23.9. The second-order valence-corrected chi connectivity index (χ2v) is 3.42. The average Bonchev–Trinajstić information content (AvgIpc) is 2.54. The predicted molar refractivity (Wildman–Crippen MR) is 52.4 cm³/mol. The molecule has 1 amide bonds. The van der Waals surface area contributed by atoms with E-state index in [0.29, 0.717) is 17.0 Å². The second kappa shape index (κ2) is 5.02. The van der Waals surface area contributed by atoms with Crippen molar-refractivity contribution in [3.63, 3.8) is 0 Å². The molecule has 0 aliphatic rings. The molecule has 0 aliphatic heterocycles. The van der Waals surface area contributed by atoms with E-state index >= 15 is 0 Å². The van der Waals surface area contributed by atoms with Gasteiger partial charge in [0.1, 0.15) is 6.10 Å². The number of nitrogens with one attached hydrogen (secondary N) is 2. The van der Waals surface area contributed by atoms with Crippen molar-refractivity contribution in [3.05, 3.63) is 17.0 Å². The maximum atomic E-state index is 12.0. The average molecular weight is 233 g/mol. The van der Waals surface area contributed by atoms with Gasteiger partial charge in [-0.15, -0.1) is 0 Å². The van der Waals surface area contributed by atoms with E-state index in [0.717, 1.165) is 0 Å². The van der Waals surface area contributed by atoms with Crippen LogP contribution >= 0.6 is 0 Å². The molecule has 16 heavy (non-hydrogen) atoms. The van der Waals surface area contributed by atoms with Gasteiger partial charge in [0, 0.05) is 12.2 Å². The predicted octanol–water partition coefficient (Wildman–Crippen LogP) is 0.382. The molecule has 90 valence electrons. The third-order valence-electron chi connectivity index (χ3n) is 2.12. The van der Waals surface area contributed by atoms with Crippen molar-refractivity contribution >= 4 is 5.91 Å². The zero-order valence-corrected chi connectivity index (χ0v) is 8.92. The molecule has 1 rings (SSSR count). The van der Waals surface area contributed by atoms with Crippen LogP contribution in [0.25, 0.3) is 0 Å². The highest BCUT2D eigenvalue weighted by atomic mass is 19.3. The number of aromatic amines is 1. The van der Waals surface area contributed by atoms with Crippen LogP contribution in [0.3, 0.4) is 0 Å². The standard InChI is InChI=1S/C9H13F2N3O2/c1-4-7(5(2)14-13-4)9(16)12-3-6(15)8(10)11/h6,8,15H,3H2,1-2H3,(H,12,16)(H,13,14). The van der Waals surface area contributed by atoms with Crippen molar-refractivity contribution in [1.82, 2.24) is 15.5 Å². The number of hydrogen-bond acceptors (Lipinski definition) is 3. The topological polar surface area (TPSA) is 78.0 Å². The van der Waals surface area contributed by atoms with E-state index in [2.05, 4.69) is 15.5 Å². The Labute approximate surface area is 90.9 Å².